The molecule has 2 rings (SSSR count). The molecule has 98 valence electrons. The van der Waals surface area contributed by atoms with Crippen LogP contribution >= 0.6 is 0 Å². The molecule has 0 aliphatic heterocycles. The molecule has 0 spiro atoms. The van der Waals surface area contributed by atoms with Crippen molar-refractivity contribution in [2.24, 2.45) is 0 Å². The summed E-state index contributed by atoms with van der Waals surface area (Å²) in [5, 5.41) is 14.3. The SMILES string of the molecule is CC(NCc1ccccc1)c1ccccc1[N+](=O)[O-]. The molecule has 2 aromatic carbocycles. The van der Waals surface area contributed by atoms with Gasteiger partial charge in [0.1, 0.15) is 0 Å². The smallest absolute Gasteiger partial charge is 0.274 e. The van der Waals surface area contributed by atoms with Crippen LogP contribution in [0.2, 0.25) is 0 Å². The van der Waals surface area contributed by atoms with Gasteiger partial charge in [0, 0.05) is 24.2 Å². The number of hydrogen-bond donors (Lipinski definition) is 1. The summed E-state index contributed by atoms with van der Waals surface area (Å²) in [5.74, 6) is 0. The van der Waals surface area contributed by atoms with E-state index in [1.165, 1.54) is 6.07 Å². The summed E-state index contributed by atoms with van der Waals surface area (Å²) in [6, 6.07) is 16.7. The van der Waals surface area contributed by atoms with Gasteiger partial charge >= 0.3 is 0 Å². The van der Waals surface area contributed by atoms with Crippen molar-refractivity contribution in [2.45, 2.75) is 19.5 Å². The lowest BCUT2D eigenvalue weighted by atomic mass is 10.1. The van der Waals surface area contributed by atoms with E-state index < -0.39 is 0 Å². The van der Waals surface area contributed by atoms with Crippen molar-refractivity contribution in [1.29, 1.82) is 0 Å². The van der Waals surface area contributed by atoms with E-state index in [0.29, 0.717) is 12.1 Å². The molecule has 0 heterocycles. The van der Waals surface area contributed by atoms with Crippen LogP contribution in [0.5, 0.6) is 0 Å². The quantitative estimate of drug-likeness (QED) is 0.658. The third-order valence-corrected chi connectivity index (χ3v) is 3.06. The van der Waals surface area contributed by atoms with Crippen molar-refractivity contribution in [3.05, 3.63) is 75.8 Å². The lowest BCUT2D eigenvalue weighted by Crippen LogP contribution is -2.19. The van der Waals surface area contributed by atoms with Crippen LogP contribution in [0.25, 0.3) is 0 Å². The number of hydrogen-bond acceptors (Lipinski definition) is 3. The van der Waals surface area contributed by atoms with Gasteiger partial charge in [-0.25, -0.2) is 0 Å². The van der Waals surface area contributed by atoms with Crippen LogP contribution in [-0.2, 0) is 6.54 Å². The third kappa shape index (κ3) is 3.39. The summed E-state index contributed by atoms with van der Waals surface area (Å²) in [5.41, 5.74) is 2.03. The number of nitro groups is 1. The van der Waals surface area contributed by atoms with E-state index in [1.807, 2.05) is 43.3 Å². The summed E-state index contributed by atoms with van der Waals surface area (Å²) < 4.78 is 0. The Morgan fingerprint density at radius 3 is 2.42 bits per heavy atom. The molecule has 0 fully saturated rings. The van der Waals surface area contributed by atoms with E-state index in [1.54, 1.807) is 12.1 Å². The molecular formula is C15H16N2O2. The first-order valence-corrected chi connectivity index (χ1v) is 6.19. The lowest BCUT2D eigenvalue weighted by Gasteiger charge is -2.14. The zero-order valence-electron chi connectivity index (χ0n) is 10.7. The van der Waals surface area contributed by atoms with Crippen LogP contribution in [0.4, 0.5) is 5.69 Å². The van der Waals surface area contributed by atoms with Crippen molar-refractivity contribution < 1.29 is 4.92 Å². The molecule has 4 heteroatoms. The van der Waals surface area contributed by atoms with Gasteiger partial charge < -0.3 is 5.32 Å². The normalized spacial score (nSPS) is 12.1. The van der Waals surface area contributed by atoms with Gasteiger partial charge in [-0.1, -0.05) is 48.5 Å². The molecule has 1 atom stereocenters. The summed E-state index contributed by atoms with van der Waals surface area (Å²) in [7, 11) is 0. The first-order valence-electron chi connectivity index (χ1n) is 6.19. The Bertz CT molecular complexity index is 555. The van der Waals surface area contributed by atoms with Gasteiger partial charge in [-0.2, -0.15) is 0 Å². The van der Waals surface area contributed by atoms with Crippen LogP contribution in [-0.4, -0.2) is 4.92 Å². The van der Waals surface area contributed by atoms with Crippen LogP contribution in [0, 0.1) is 10.1 Å². The molecule has 0 aliphatic rings. The summed E-state index contributed by atoms with van der Waals surface area (Å²) in [6.45, 7) is 2.62. The molecule has 19 heavy (non-hydrogen) atoms. The van der Waals surface area contributed by atoms with Crippen LogP contribution in [0.1, 0.15) is 24.1 Å². The number of nitro benzene ring substituents is 1. The van der Waals surface area contributed by atoms with Gasteiger partial charge in [-0.05, 0) is 12.5 Å². The highest BCUT2D eigenvalue weighted by atomic mass is 16.6. The van der Waals surface area contributed by atoms with E-state index in [-0.39, 0.29) is 16.7 Å². The Balaban J connectivity index is 2.08. The number of benzene rings is 2. The summed E-state index contributed by atoms with van der Waals surface area (Å²) in [6.07, 6.45) is 0. The van der Waals surface area contributed by atoms with E-state index in [0.717, 1.165) is 5.56 Å². The topological polar surface area (TPSA) is 55.2 Å². The maximum absolute atomic E-state index is 11.0. The van der Waals surface area contributed by atoms with Crippen molar-refractivity contribution in [2.75, 3.05) is 0 Å². The largest absolute Gasteiger partial charge is 0.306 e. The zero-order valence-corrected chi connectivity index (χ0v) is 10.7. The van der Waals surface area contributed by atoms with Gasteiger partial charge in [-0.3, -0.25) is 10.1 Å². The van der Waals surface area contributed by atoms with E-state index in [4.69, 9.17) is 0 Å². The number of nitrogens with one attached hydrogen (secondary N) is 1. The highest BCUT2D eigenvalue weighted by molar-refractivity contribution is 5.41. The Morgan fingerprint density at radius 2 is 1.74 bits per heavy atom. The minimum Gasteiger partial charge on any atom is -0.306 e. The van der Waals surface area contributed by atoms with Crippen LogP contribution < -0.4 is 5.32 Å². The Morgan fingerprint density at radius 1 is 1.11 bits per heavy atom. The van der Waals surface area contributed by atoms with Crippen molar-refractivity contribution >= 4 is 5.69 Å². The minimum absolute atomic E-state index is 0.0678. The fourth-order valence-electron chi connectivity index (χ4n) is 2.00. The molecular weight excluding hydrogens is 240 g/mol. The monoisotopic (exact) mass is 256 g/mol. The Hall–Kier alpha value is -2.20. The number of nitrogens with zero attached hydrogens (tertiary/aromatic N) is 1. The molecule has 1 unspecified atom stereocenters. The maximum Gasteiger partial charge on any atom is 0.274 e. The van der Waals surface area contributed by atoms with E-state index >= 15 is 0 Å². The number of rotatable bonds is 5. The molecule has 0 aromatic heterocycles. The van der Waals surface area contributed by atoms with E-state index in [9.17, 15) is 10.1 Å². The highest BCUT2D eigenvalue weighted by Crippen LogP contribution is 2.24. The lowest BCUT2D eigenvalue weighted by molar-refractivity contribution is -0.385. The average molecular weight is 256 g/mol. The van der Waals surface area contributed by atoms with Gasteiger partial charge in [0.2, 0.25) is 0 Å². The molecule has 0 bridgehead atoms. The van der Waals surface area contributed by atoms with Crippen LogP contribution in [0.3, 0.4) is 0 Å². The van der Waals surface area contributed by atoms with Crippen molar-refractivity contribution in [3.8, 4) is 0 Å². The molecule has 4 nitrogen and oxygen atoms in total. The molecule has 0 saturated heterocycles. The predicted octanol–water partition coefficient (Wildman–Crippen LogP) is 3.45. The zero-order chi connectivity index (χ0) is 13.7. The maximum atomic E-state index is 11.0. The second kappa shape index (κ2) is 6.11. The summed E-state index contributed by atoms with van der Waals surface area (Å²) >= 11 is 0. The van der Waals surface area contributed by atoms with Crippen molar-refractivity contribution in [3.63, 3.8) is 0 Å². The molecule has 1 N–H and O–H groups in total. The number of para-hydroxylation sites is 1. The van der Waals surface area contributed by atoms with Gasteiger partial charge in [0.25, 0.3) is 5.69 Å². The summed E-state index contributed by atoms with van der Waals surface area (Å²) in [4.78, 5) is 10.6. The highest BCUT2D eigenvalue weighted by Gasteiger charge is 2.17. The first-order chi connectivity index (χ1) is 9.18. The minimum atomic E-state index is -0.337. The average Bonchev–Trinajstić information content (AvgIpc) is 2.46. The molecule has 0 amide bonds. The standard InChI is InChI=1S/C15H16N2O2/c1-12(16-11-13-7-3-2-4-8-13)14-9-5-6-10-15(14)17(18)19/h2-10,12,16H,11H2,1H3. The van der Waals surface area contributed by atoms with E-state index in [2.05, 4.69) is 5.32 Å². The fraction of sp³-hybridized carbons (Fsp3) is 0.200. The fourth-order valence-corrected chi connectivity index (χ4v) is 2.00. The first kappa shape index (κ1) is 13.2. The Kier molecular flexibility index (Phi) is 4.26. The molecule has 2 aromatic rings. The van der Waals surface area contributed by atoms with Crippen molar-refractivity contribution in [1.82, 2.24) is 5.32 Å². The Labute approximate surface area is 112 Å². The molecule has 0 aliphatic carbocycles. The molecule has 0 radical (unpaired) electrons. The van der Waals surface area contributed by atoms with Gasteiger partial charge in [-0.15, -0.1) is 0 Å². The third-order valence-electron chi connectivity index (χ3n) is 3.06. The van der Waals surface area contributed by atoms with Crippen LogP contribution in [0.15, 0.2) is 54.6 Å². The van der Waals surface area contributed by atoms with Gasteiger partial charge in [0.15, 0.2) is 0 Å². The second-order valence-corrected chi connectivity index (χ2v) is 4.40. The second-order valence-electron chi connectivity index (χ2n) is 4.40. The predicted molar refractivity (Wildman–Crippen MR) is 74.8 cm³/mol. The molecule has 0 saturated carbocycles. The van der Waals surface area contributed by atoms with Gasteiger partial charge in [0.05, 0.1) is 4.92 Å².